The number of rotatable bonds is 10. The van der Waals surface area contributed by atoms with Crippen molar-refractivity contribution in [3.05, 3.63) is 105 Å². The van der Waals surface area contributed by atoms with Crippen molar-refractivity contribution in [1.82, 2.24) is 10.2 Å². The van der Waals surface area contributed by atoms with E-state index in [0.29, 0.717) is 15.6 Å². The predicted octanol–water partition coefficient (Wildman–Crippen LogP) is 6.23. The summed E-state index contributed by atoms with van der Waals surface area (Å²) in [4.78, 5) is 28.6. The van der Waals surface area contributed by atoms with E-state index in [1.54, 1.807) is 36.4 Å². The van der Waals surface area contributed by atoms with Gasteiger partial charge in [0.05, 0.1) is 6.42 Å². The monoisotopic (exact) mass is 514 g/mol. The molecule has 0 aliphatic heterocycles. The molecule has 0 unspecified atom stereocenters. The SMILES string of the molecule is CC[C@@H](C)NC(=O)[C@@H](Cc1ccccc1)N(Cc1c(Cl)cccc1Cl)C(=O)Cc1ccccc1F. The number of amides is 2. The average molecular weight is 515 g/mol. The number of carbonyl (C=O) groups is 2. The van der Waals surface area contributed by atoms with Gasteiger partial charge in [-0.25, -0.2) is 4.39 Å². The molecule has 0 spiro atoms. The van der Waals surface area contributed by atoms with E-state index in [-0.39, 0.29) is 36.9 Å². The largest absolute Gasteiger partial charge is 0.352 e. The predicted molar refractivity (Wildman–Crippen MR) is 139 cm³/mol. The topological polar surface area (TPSA) is 49.4 Å². The molecule has 3 aromatic carbocycles. The lowest BCUT2D eigenvalue weighted by Gasteiger charge is -2.33. The molecule has 35 heavy (non-hydrogen) atoms. The van der Waals surface area contributed by atoms with E-state index in [0.717, 1.165) is 12.0 Å². The molecule has 184 valence electrons. The molecule has 3 aromatic rings. The molecule has 2 atom stereocenters. The van der Waals surface area contributed by atoms with Crippen molar-refractivity contribution in [3.8, 4) is 0 Å². The van der Waals surface area contributed by atoms with E-state index in [9.17, 15) is 14.0 Å². The molecule has 3 rings (SSSR count). The molecule has 0 fully saturated rings. The summed E-state index contributed by atoms with van der Waals surface area (Å²) >= 11 is 12.9. The van der Waals surface area contributed by atoms with Crippen LogP contribution in [0.15, 0.2) is 72.8 Å². The molecule has 0 aromatic heterocycles. The first-order valence-corrected chi connectivity index (χ1v) is 12.4. The fourth-order valence-corrected chi connectivity index (χ4v) is 4.27. The first-order chi connectivity index (χ1) is 16.8. The lowest BCUT2D eigenvalue weighted by Crippen LogP contribution is -2.52. The zero-order chi connectivity index (χ0) is 25.4. The Bertz CT molecular complexity index is 1140. The van der Waals surface area contributed by atoms with Crippen LogP contribution in [0.3, 0.4) is 0 Å². The summed E-state index contributed by atoms with van der Waals surface area (Å²) in [5.74, 6) is -1.15. The van der Waals surface area contributed by atoms with Gasteiger partial charge in [-0.1, -0.05) is 84.7 Å². The van der Waals surface area contributed by atoms with Crippen LogP contribution in [-0.4, -0.2) is 28.8 Å². The van der Waals surface area contributed by atoms with Crippen molar-refractivity contribution in [2.75, 3.05) is 0 Å². The quantitative estimate of drug-likeness (QED) is 0.348. The molecular formula is C28H29Cl2FN2O2. The molecule has 1 N–H and O–H groups in total. The van der Waals surface area contributed by atoms with Crippen LogP contribution in [-0.2, 0) is 29.0 Å². The zero-order valence-corrected chi connectivity index (χ0v) is 21.3. The molecule has 0 aliphatic rings. The zero-order valence-electron chi connectivity index (χ0n) is 19.8. The third-order valence-corrected chi connectivity index (χ3v) is 6.67. The minimum atomic E-state index is -0.849. The van der Waals surface area contributed by atoms with Crippen molar-refractivity contribution in [1.29, 1.82) is 0 Å². The second-order valence-electron chi connectivity index (χ2n) is 8.51. The molecule has 0 heterocycles. The number of hydrogen-bond acceptors (Lipinski definition) is 2. The van der Waals surface area contributed by atoms with Gasteiger partial charge in [0.25, 0.3) is 0 Å². The molecule has 0 aliphatic carbocycles. The molecule has 0 bridgehead atoms. The summed E-state index contributed by atoms with van der Waals surface area (Å²) < 4.78 is 14.4. The van der Waals surface area contributed by atoms with Gasteiger partial charge in [-0.05, 0) is 42.7 Å². The molecule has 0 radical (unpaired) electrons. The third kappa shape index (κ3) is 7.30. The van der Waals surface area contributed by atoms with Crippen LogP contribution in [0, 0.1) is 5.82 Å². The van der Waals surface area contributed by atoms with E-state index in [4.69, 9.17) is 23.2 Å². The summed E-state index contributed by atoms with van der Waals surface area (Å²) in [7, 11) is 0. The highest BCUT2D eigenvalue weighted by Crippen LogP contribution is 2.27. The van der Waals surface area contributed by atoms with Crippen molar-refractivity contribution < 1.29 is 14.0 Å². The standard InChI is InChI=1S/C28H29Cl2FN2O2/c1-3-19(2)32-28(35)26(16-20-10-5-4-6-11-20)33(18-22-23(29)13-9-14-24(22)30)27(34)17-21-12-7-8-15-25(21)31/h4-15,19,26H,3,16-18H2,1-2H3,(H,32,35)/t19-,26-/m1/s1. The fraction of sp³-hybridized carbons (Fsp3) is 0.286. The smallest absolute Gasteiger partial charge is 0.243 e. The molecule has 2 amide bonds. The second kappa shape index (κ2) is 12.7. The molecule has 7 heteroatoms. The van der Waals surface area contributed by atoms with E-state index < -0.39 is 17.8 Å². The van der Waals surface area contributed by atoms with Crippen LogP contribution in [0.25, 0.3) is 0 Å². The Morgan fingerprint density at radius 1 is 0.943 bits per heavy atom. The third-order valence-electron chi connectivity index (χ3n) is 5.96. The van der Waals surface area contributed by atoms with Gasteiger partial charge in [0, 0.05) is 34.6 Å². The molecule has 4 nitrogen and oxygen atoms in total. The highest BCUT2D eigenvalue weighted by atomic mass is 35.5. The summed E-state index contributed by atoms with van der Waals surface area (Å²) in [6.45, 7) is 3.90. The van der Waals surface area contributed by atoms with E-state index >= 15 is 0 Å². The highest BCUT2D eigenvalue weighted by molar-refractivity contribution is 6.36. The van der Waals surface area contributed by atoms with Gasteiger partial charge in [-0.2, -0.15) is 0 Å². The Labute approximate surface area is 216 Å². The van der Waals surface area contributed by atoms with Crippen LogP contribution in [0.2, 0.25) is 10.0 Å². The van der Waals surface area contributed by atoms with Crippen LogP contribution in [0.4, 0.5) is 4.39 Å². The number of nitrogens with zero attached hydrogens (tertiary/aromatic N) is 1. The maximum absolute atomic E-state index is 14.4. The van der Waals surface area contributed by atoms with Crippen molar-refractivity contribution in [2.45, 2.75) is 51.7 Å². The van der Waals surface area contributed by atoms with E-state index in [2.05, 4.69) is 5.32 Å². The van der Waals surface area contributed by atoms with Crippen molar-refractivity contribution in [3.63, 3.8) is 0 Å². The van der Waals surface area contributed by atoms with Gasteiger partial charge in [-0.15, -0.1) is 0 Å². The fourth-order valence-electron chi connectivity index (χ4n) is 3.76. The Morgan fingerprint density at radius 3 is 2.20 bits per heavy atom. The van der Waals surface area contributed by atoms with E-state index in [1.807, 2.05) is 44.2 Å². The summed E-state index contributed by atoms with van der Waals surface area (Å²) in [6, 6.07) is 19.8. The van der Waals surface area contributed by atoms with Crippen LogP contribution >= 0.6 is 23.2 Å². The second-order valence-corrected chi connectivity index (χ2v) is 9.33. The van der Waals surface area contributed by atoms with Gasteiger partial charge in [0.15, 0.2) is 0 Å². The van der Waals surface area contributed by atoms with Crippen LogP contribution < -0.4 is 5.32 Å². The first-order valence-electron chi connectivity index (χ1n) is 11.6. The average Bonchev–Trinajstić information content (AvgIpc) is 2.84. The lowest BCUT2D eigenvalue weighted by atomic mass is 10.0. The number of benzene rings is 3. The first kappa shape index (κ1) is 26.7. The number of nitrogens with one attached hydrogen (secondary N) is 1. The van der Waals surface area contributed by atoms with Gasteiger partial charge in [-0.3, -0.25) is 9.59 Å². The van der Waals surface area contributed by atoms with Crippen molar-refractivity contribution in [2.24, 2.45) is 0 Å². The Balaban J connectivity index is 2.03. The summed E-state index contributed by atoms with van der Waals surface area (Å²) in [6.07, 6.45) is 0.828. The summed E-state index contributed by atoms with van der Waals surface area (Å²) in [5.41, 5.74) is 1.69. The number of hydrogen-bond donors (Lipinski definition) is 1. The number of carbonyl (C=O) groups excluding carboxylic acids is 2. The van der Waals surface area contributed by atoms with Crippen LogP contribution in [0.1, 0.15) is 37.0 Å². The highest BCUT2D eigenvalue weighted by Gasteiger charge is 2.32. The van der Waals surface area contributed by atoms with Gasteiger partial charge in [0.1, 0.15) is 11.9 Å². The Hall–Kier alpha value is -2.89. The van der Waals surface area contributed by atoms with Gasteiger partial charge < -0.3 is 10.2 Å². The van der Waals surface area contributed by atoms with Gasteiger partial charge >= 0.3 is 0 Å². The van der Waals surface area contributed by atoms with Gasteiger partial charge in [0.2, 0.25) is 11.8 Å². The minimum Gasteiger partial charge on any atom is -0.352 e. The maximum Gasteiger partial charge on any atom is 0.243 e. The maximum atomic E-state index is 14.4. The minimum absolute atomic E-state index is 0.0111. The molecular weight excluding hydrogens is 486 g/mol. The van der Waals surface area contributed by atoms with E-state index in [1.165, 1.54) is 11.0 Å². The Morgan fingerprint density at radius 2 is 1.57 bits per heavy atom. The molecule has 0 saturated heterocycles. The summed E-state index contributed by atoms with van der Waals surface area (Å²) in [5, 5.41) is 3.78. The lowest BCUT2D eigenvalue weighted by molar-refractivity contribution is -0.141. The van der Waals surface area contributed by atoms with Crippen LogP contribution in [0.5, 0.6) is 0 Å². The Kier molecular flexibility index (Phi) is 9.70. The number of halogens is 3. The van der Waals surface area contributed by atoms with Crippen molar-refractivity contribution >= 4 is 35.0 Å². The normalized spacial score (nSPS) is 12.6. The molecule has 0 saturated carbocycles.